The predicted molar refractivity (Wildman–Crippen MR) is 125 cm³/mol. The molecule has 0 radical (unpaired) electrons. The van der Waals surface area contributed by atoms with E-state index in [2.05, 4.69) is 20.6 Å². The topological polar surface area (TPSA) is 90.6 Å². The summed E-state index contributed by atoms with van der Waals surface area (Å²) in [6.45, 7) is 0.615. The third kappa shape index (κ3) is 4.18. The summed E-state index contributed by atoms with van der Waals surface area (Å²) < 4.78 is 12.6. The summed E-state index contributed by atoms with van der Waals surface area (Å²) in [5, 5.41) is 17.8. The minimum atomic E-state index is -0.139. The van der Waals surface area contributed by atoms with E-state index in [0.29, 0.717) is 29.5 Å². The van der Waals surface area contributed by atoms with Crippen LogP contribution in [-0.4, -0.2) is 46.0 Å². The van der Waals surface area contributed by atoms with Crippen LogP contribution in [0.5, 0.6) is 11.6 Å². The van der Waals surface area contributed by atoms with Crippen molar-refractivity contribution in [1.82, 2.24) is 25.1 Å². The number of carbonyl (C=O) groups excluding carboxylic acids is 1. The molecule has 0 aliphatic carbocycles. The van der Waals surface area contributed by atoms with E-state index in [0.717, 1.165) is 22.1 Å². The first-order chi connectivity index (χ1) is 16.2. The van der Waals surface area contributed by atoms with Gasteiger partial charge in [-0.3, -0.25) is 4.79 Å². The first-order valence-electron chi connectivity index (χ1n) is 10.5. The van der Waals surface area contributed by atoms with Gasteiger partial charge in [0.1, 0.15) is 12.4 Å². The number of ether oxygens (including phenoxy) is 2. The van der Waals surface area contributed by atoms with Crippen molar-refractivity contribution < 1.29 is 14.3 Å². The van der Waals surface area contributed by atoms with Crippen LogP contribution in [0.3, 0.4) is 0 Å². The molecule has 33 heavy (non-hydrogen) atoms. The Bertz CT molecular complexity index is 1420. The highest BCUT2D eigenvalue weighted by molar-refractivity contribution is 6.06. The first-order valence-corrected chi connectivity index (χ1v) is 10.5. The third-order valence-corrected chi connectivity index (χ3v) is 5.26. The van der Waals surface area contributed by atoms with Gasteiger partial charge in [0.15, 0.2) is 11.5 Å². The van der Waals surface area contributed by atoms with Crippen molar-refractivity contribution in [3.8, 4) is 23.0 Å². The fraction of sp³-hybridized carbons (Fsp3) is 0.120. The van der Waals surface area contributed by atoms with Crippen molar-refractivity contribution in [2.75, 3.05) is 20.3 Å². The van der Waals surface area contributed by atoms with E-state index in [-0.39, 0.29) is 12.5 Å². The van der Waals surface area contributed by atoms with Crippen LogP contribution in [0.15, 0.2) is 78.9 Å². The molecule has 0 saturated heterocycles. The summed E-state index contributed by atoms with van der Waals surface area (Å²) in [5.74, 6) is 1.63. The van der Waals surface area contributed by atoms with Gasteiger partial charge in [0.2, 0.25) is 5.88 Å². The molecule has 5 rings (SSSR count). The van der Waals surface area contributed by atoms with Gasteiger partial charge in [-0.2, -0.15) is 4.52 Å². The Hall–Kier alpha value is -4.46. The number of carbonyl (C=O) groups is 1. The van der Waals surface area contributed by atoms with Crippen LogP contribution in [0.1, 0.15) is 10.4 Å². The van der Waals surface area contributed by atoms with Gasteiger partial charge in [-0.25, -0.2) is 0 Å². The van der Waals surface area contributed by atoms with Crippen molar-refractivity contribution >= 4 is 22.3 Å². The molecule has 2 heterocycles. The molecule has 3 aromatic carbocycles. The molecule has 5 aromatic rings. The van der Waals surface area contributed by atoms with E-state index in [4.69, 9.17) is 9.47 Å². The molecule has 0 atom stereocenters. The van der Waals surface area contributed by atoms with Gasteiger partial charge in [0.05, 0.1) is 13.7 Å². The molecule has 1 amide bonds. The van der Waals surface area contributed by atoms with E-state index in [1.54, 1.807) is 23.8 Å². The minimum Gasteiger partial charge on any atom is -0.497 e. The number of benzene rings is 3. The fourth-order valence-corrected chi connectivity index (χ4v) is 3.61. The van der Waals surface area contributed by atoms with E-state index < -0.39 is 0 Å². The third-order valence-electron chi connectivity index (χ3n) is 5.26. The number of hydrogen-bond donors (Lipinski definition) is 1. The molecule has 164 valence electrons. The number of fused-ring (bicyclic) bond motifs is 2. The van der Waals surface area contributed by atoms with Gasteiger partial charge in [-0.05, 0) is 47.2 Å². The van der Waals surface area contributed by atoms with Gasteiger partial charge in [-0.1, -0.05) is 36.4 Å². The van der Waals surface area contributed by atoms with Gasteiger partial charge < -0.3 is 14.8 Å². The Morgan fingerprint density at radius 2 is 1.76 bits per heavy atom. The monoisotopic (exact) mass is 439 g/mol. The summed E-state index contributed by atoms with van der Waals surface area (Å²) in [6.07, 6.45) is 0. The number of aromatic nitrogens is 4. The molecule has 0 fully saturated rings. The van der Waals surface area contributed by atoms with E-state index >= 15 is 0 Å². The Morgan fingerprint density at radius 1 is 0.939 bits per heavy atom. The lowest BCUT2D eigenvalue weighted by molar-refractivity contribution is 0.0948. The molecule has 8 heteroatoms. The fourth-order valence-electron chi connectivity index (χ4n) is 3.61. The predicted octanol–water partition coefficient (Wildman–Crippen LogP) is 3.76. The maximum atomic E-state index is 12.6. The highest BCUT2D eigenvalue weighted by Crippen LogP contribution is 2.22. The molecular formula is C25H21N5O3. The van der Waals surface area contributed by atoms with Crippen LogP contribution in [0.25, 0.3) is 27.8 Å². The summed E-state index contributed by atoms with van der Waals surface area (Å²) in [5.41, 5.74) is 2.11. The average molecular weight is 439 g/mol. The number of hydrogen-bond acceptors (Lipinski definition) is 6. The van der Waals surface area contributed by atoms with E-state index in [1.807, 2.05) is 66.7 Å². The number of methoxy groups -OCH3 is 1. The van der Waals surface area contributed by atoms with Crippen molar-refractivity contribution in [1.29, 1.82) is 0 Å². The highest BCUT2D eigenvalue weighted by atomic mass is 16.5. The molecule has 0 saturated carbocycles. The van der Waals surface area contributed by atoms with E-state index in [9.17, 15) is 4.79 Å². The maximum Gasteiger partial charge on any atom is 0.252 e. The molecule has 0 unspecified atom stereocenters. The molecule has 0 aliphatic heterocycles. The number of nitrogens with one attached hydrogen (secondary N) is 1. The summed E-state index contributed by atoms with van der Waals surface area (Å²) in [6, 6.07) is 24.5. The first kappa shape index (κ1) is 20.4. The molecule has 1 N–H and O–H groups in total. The van der Waals surface area contributed by atoms with Crippen molar-refractivity contribution in [3.63, 3.8) is 0 Å². The Kier molecular flexibility index (Phi) is 5.55. The van der Waals surface area contributed by atoms with Crippen LogP contribution < -0.4 is 14.8 Å². The van der Waals surface area contributed by atoms with Crippen molar-refractivity contribution in [3.05, 3.63) is 84.4 Å². The smallest absolute Gasteiger partial charge is 0.252 e. The quantitative estimate of drug-likeness (QED) is 0.388. The maximum absolute atomic E-state index is 12.6. The number of amides is 1. The van der Waals surface area contributed by atoms with Gasteiger partial charge in [-0.15, -0.1) is 15.3 Å². The molecular weight excluding hydrogens is 418 g/mol. The lowest BCUT2D eigenvalue weighted by Gasteiger charge is -2.09. The lowest BCUT2D eigenvalue weighted by Crippen LogP contribution is -2.28. The summed E-state index contributed by atoms with van der Waals surface area (Å²) in [4.78, 5) is 12.6. The second-order valence-electron chi connectivity index (χ2n) is 7.32. The average Bonchev–Trinajstić information content (AvgIpc) is 3.29. The zero-order chi connectivity index (χ0) is 22.6. The van der Waals surface area contributed by atoms with Crippen LogP contribution in [-0.2, 0) is 0 Å². The standard InChI is InChI=1S/C25H21N5O3/c1-32-19-11-9-18(10-12-19)24-28-27-22-13-14-23(29-30(22)24)33-16-15-26-25(31)21-8-4-6-17-5-2-3-7-20(17)21/h2-14H,15-16H2,1H3,(H,26,31). The van der Waals surface area contributed by atoms with Crippen LogP contribution in [0.2, 0.25) is 0 Å². The lowest BCUT2D eigenvalue weighted by atomic mass is 10.0. The van der Waals surface area contributed by atoms with Gasteiger partial charge in [0.25, 0.3) is 5.91 Å². The Morgan fingerprint density at radius 3 is 2.61 bits per heavy atom. The second kappa shape index (κ2) is 8.96. The second-order valence-corrected chi connectivity index (χ2v) is 7.32. The van der Waals surface area contributed by atoms with Gasteiger partial charge in [0, 0.05) is 17.2 Å². The zero-order valence-electron chi connectivity index (χ0n) is 17.9. The number of nitrogens with zero attached hydrogens (tertiary/aromatic N) is 4. The number of rotatable bonds is 7. The SMILES string of the molecule is COc1ccc(-c2nnc3ccc(OCCNC(=O)c4cccc5ccccc45)nn23)cc1. The Labute approximate surface area is 189 Å². The summed E-state index contributed by atoms with van der Waals surface area (Å²) >= 11 is 0. The van der Waals surface area contributed by atoms with Crippen LogP contribution in [0, 0.1) is 0 Å². The Balaban J connectivity index is 1.25. The normalized spacial score (nSPS) is 10.9. The largest absolute Gasteiger partial charge is 0.497 e. The summed E-state index contributed by atoms with van der Waals surface area (Å²) in [7, 11) is 1.62. The zero-order valence-corrected chi connectivity index (χ0v) is 17.9. The van der Waals surface area contributed by atoms with Gasteiger partial charge >= 0.3 is 0 Å². The molecule has 0 aliphatic rings. The van der Waals surface area contributed by atoms with Crippen LogP contribution >= 0.6 is 0 Å². The highest BCUT2D eigenvalue weighted by Gasteiger charge is 2.12. The molecule has 8 nitrogen and oxygen atoms in total. The van der Waals surface area contributed by atoms with E-state index in [1.165, 1.54) is 0 Å². The minimum absolute atomic E-state index is 0.139. The molecule has 0 spiro atoms. The van der Waals surface area contributed by atoms with Crippen LogP contribution in [0.4, 0.5) is 0 Å². The molecule has 2 aromatic heterocycles. The van der Waals surface area contributed by atoms with Crippen molar-refractivity contribution in [2.45, 2.75) is 0 Å². The van der Waals surface area contributed by atoms with Crippen molar-refractivity contribution in [2.24, 2.45) is 0 Å². The molecule has 0 bridgehead atoms.